The van der Waals surface area contributed by atoms with Gasteiger partial charge in [-0.05, 0) is 43.3 Å². The first-order chi connectivity index (χ1) is 20.7. The number of nitrogens with two attached hydrogens (primary N) is 1. The van der Waals surface area contributed by atoms with Crippen LogP contribution in [0.25, 0.3) is 22.6 Å². The van der Waals surface area contributed by atoms with Gasteiger partial charge in [0.1, 0.15) is 30.1 Å². The molecule has 4 aromatic rings. The van der Waals surface area contributed by atoms with Gasteiger partial charge in [-0.2, -0.15) is 23.5 Å². The second-order valence-electron chi connectivity index (χ2n) is 11.8. The summed E-state index contributed by atoms with van der Waals surface area (Å²) in [6.07, 6.45) is -1.60. The highest BCUT2D eigenvalue weighted by atomic mass is 35.5. The summed E-state index contributed by atoms with van der Waals surface area (Å²) in [4.78, 5) is 24.2. The van der Waals surface area contributed by atoms with Gasteiger partial charge in [0, 0.05) is 38.7 Å². The average molecular weight is 643 g/mol. The van der Waals surface area contributed by atoms with Crippen molar-refractivity contribution < 1.29 is 22.7 Å². The predicted octanol–water partition coefficient (Wildman–Crippen LogP) is 6.47. The number of benzene rings is 1. The summed E-state index contributed by atoms with van der Waals surface area (Å²) in [7, 11) is -1.40. The van der Waals surface area contributed by atoms with E-state index in [1.165, 1.54) is 23.4 Å². The Labute approximate surface area is 257 Å². The van der Waals surface area contributed by atoms with E-state index in [1.54, 1.807) is 21.4 Å². The minimum Gasteiger partial charge on any atom is -0.384 e. The normalized spacial score (nSPS) is 15.4. The summed E-state index contributed by atoms with van der Waals surface area (Å²) in [6.45, 7) is 9.19. The summed E-state index contributed by atoms with van der Waals surface area (Å²) < 4.78 is 49.4. The molecule has 0 saturated heterocycles. The quantitative estimate of drug-likeness (QED) is 0.172. The molecule has 1 amide bonds. The Morgan fingerprint density at radius 1 is 1.18 bits per heavy atom. The first-order valence-corrected chi connectivity index (χ1v) is 17.8. The molecule has 1 atom stereocenters. The molecule has 3 aromatic heterocycles. The van der Waals surface area contributed by atoms with Crippen molar-refractivity contribution in [3.63, 3.8) is 0 Å². The van der Waals surface area contributed by atoms with Gasteiger partial charge in [0.2, 0.25) is 0 Å². The van der Waals surface area contributed by atoms with Gasteiger partial charge < -0.3 is 15.4 Å². The maximum Gasteiger partial charge on any atom is 0.417 e. The highest BCUT2D eigenvalue weighted by molar-refractivity contribution is 6.76. The number of halogens is 4. The SMILES string of the molecule is C[C@H]1CN(c2ccc(C(F)(F)F)c(Cl)c2)C(=O)c2c(-c3c(C#N)nc(-c4ccc(N)nc4)n3COCC[Si](C)(C)C)cnn21. The van der Waals surface area contributed by atoms with E-state index in [0.717, 1.165) is 18.2 Å². The third-order valence-electron chi connectivity index (χ3n) is 7.27. The van der Waals surface area contributed by atoms with E-state index in [9.17, 15) is 23.2 Å². The molecule has 0 spiro atoms. The van der Waals surface area contributed by atoms with Crippen LogP contribution in [0.1, 0.15) is 34.7 Å². The third-order valence-corrected chi connectivity index (χ3v) is 9.28. The molecule has 0 fully saturated rings. The van der Waals surface area contributed by atoms with Crippen molar-refractivity contribution >= 4 is 37.1 Å². The van der Waals surface area contributed by atoms with Crippen LogP contribution in [0.5, 0.6) is 0 Å². The molecule has 5 rings (SSSR count). The fourth-order valence-electron chi connectivity index (χ4n) is 4.98. The van der Waals surface area contributed by atoms with Crippen LogP contribution in [-0.4, -0.2) is 51.4 Å². The fourth-order valence-corrected chi connectivity index (χ4v) is 6.02. The van der Waals surface area contributed by atoms with Crippen LogP contribution in [0.15, 0.2) is 42.7 Å². The first-order valence-electron chi connectivity index (χ1n) is 13.8. The summed E-state index contributed by atoms with van der Waals surface area (Å²) in [5.41, 5.74) is 6.43. The van der Waals surface area contributed by atoms with Gasteiger partial charge in [-0.3, -0.25) is 14.0 Å². The Morgan fingerprint density at radius 2 is 1.93 bits per heavy atom. The van der Waals surface area contributed by atoms with Gasteiger partial charge >= 0.3 is 6.18 Å². The summed E-state index contributed by atoms with van der Waals surface area (Å²) in [5, 5.41) is 14.1. The van der Waals surface area contributed by atoms with Gasteiger partial charge in [-0.15, -0.1) is 0 Å². The molecule has 0 bridgehead atoms. The Balaban J connectivity index is 1.61. The third kappa shape index (κ3) is 6.08. The van der Waals surface area contributed by atoms with Crippen molar-refractivity contribution in [2.24, 2.45) is 0 Å². The average Bonchev–Trinajstić information content (AvgIpc) is 3.54. The topological polar surface area (TPSA) is 128 Å². The van der Waals surface area contributed by atoms with Crippen LogP contribution < -0.4 is 10.6 Å². The van der Waals surface area contributed by atoms with Crippen molar-refractivity contribution in [2.45, 2.75) is 51.6 Å². The molecule has 44 heavy (non-hydrogen) atoms. The molecule has 4 heterocycles. The number of nitriles is 1. The molecular weight excluding hydrogens is 613 g/mol. The van der Waals surface area contributed by atoms with Crippen molar-refractivity contribution in [2.75, 3.05) is 23.8 Å². The zero-order valence-electron chi connectivity index (χ0n) is 24.5. The predicted molar refractivity (Wildman–Crippen MR) is 163 cm³/mol. The van der Waals surface area contributed by atoms with E-state index in [0.29, 0.717) is 35.1 Å². The Hall–Kier alpha value is -4.19. The van der Waals surface area contributed by atoms with Crippen LogP contribution in [0.3, 0.4) is 0 Å². The zero-order valence-corrected chi connectivity index (χ0v) is 26.2. The van der Waals surface area contributed by atoms with Crippen molar-refractivity contribution in [1.29, 1.82) is 5.26 Å². The molecule has 230 valence electrons. The smallest absolute Gasteiger partial charge is 0.384 e. The summed E-state index contributed by atoms with van der Waals surface area (Å²) in [5.74, 6) is 0.186. The number of carbonyl (C=O) groups excluding carboxylic acids is 1. The number of anilines is 2. The van der Waals surface area contributed by atoms with Gasteiger partial charge in [0.15, 0.2) is 5.69 Å². The Kier molecular flexibility index (Phi) is 8.32. The van der Waals surface area contributed by atoms with E-state index in [4.69, 9.17) is 22.1 Å². The number of amides is 1. The number of hydrogen-bond donors (Lipinski definition) is 1. The van der Waals surface area contributed by atoms with Crippen LogP contribution in [0.4, 0.5) is 24.7 Å². The molecular formula is C29H30ClF3N8O2Si. The first kappa shape index (κ1) is 31.2. The minimum atomic E-state index is -4.64. The number of aromatic nitrogens is 5. The molecule has 0 unspecified atom stereocenters. The van der Waals surface area contributed by atoms with Crippen molar-refractivity contribution in [1.82, 2.24) is 24.3 Å². The lowest BCUT2D eigenvalue weighted by atomic mass is 10.1. The second kappa shape index (κ2) is 11.7. The number of alkyl halides is 3. The lowest BCUT2D eigenvalue weighted by molar-refractivity contribution is -0.137. The molecule has 0 aliphatic carbocycles. The van der Waals surface area contributed by atoms with Gasteiger partial charge in [-0.25, -0.2) is 9.97 Å². The van der Waals surface area contributed by atoms with E-state index in [2.05, 4.69) is 40.8 Å². The standard InChI is InChI=1S/C29H30ClF3N8O2Si/c1-17-15-39(19-6-7-21(22(30)11-19)29(31,32)33)28(42)26-20(14-37-41(17)26)25-23(12-34)38-27(18-5-8-24(35)36-13-18)40(25)16-43-9-10-44(2,3)4/h5-8,11,13-14,17H,9-10,15-16H2,1-4H3,(H2,35,36)/t17-/m0/s1. The number of rotatable bonds is 8. The van der Waals surface area contributed by atoms with E-state index in [-0.39, 0.29) is 36.4 Å². The monoisotopic (exact) mass is 642 g/mol. The Bertz CT molecular complexity index is 1760. The largest absolute Gasteiger partial charge is 0.417 e. The number of carbonyl (C=O) groups is 1. The van der Waals surface area contributed by atoms with Crippen molar-refractivity contribution in [3.05, 3.63) is 64.7 Å². The molecule has 0 radical (unpaired) electrons. The Morgan fingerprint density at radius 3 is 2.55 bits per heavy atom. The molecule has 1 aliphatic heterocycles. The second-order valence-corrected chi connectivity index (χ2v) is 17.8. The number of nitrogen functional groups attached to an aromatic ring is 1. The molecule has 15 heteroatoms. The summed E-state index contributed by atoms with van der Waals surface area (Å²) >= 11 is 6.00. The molecule has 2 N–H and O–H groups in total. The van der Waals surface area contributed by atoms with E-state index >= 15 is 0 Å². The molecule has 1 aliphatic rings. The number of ether oxygens (including phenoxy) is 1. The molecule has 1 aromatic carbocycles. The highest BCUT2D eigenvalue weighted by Crippen LogP contribution is 2.40. The minimum absolute atomic E-state index is 0.0286. The maximum absolute atomic E-state index is 14.0. The number of hydrogen-bond acceptors (Lipinski definition) is 7. The molecule has 0 saturated carbocycles. The van der Waals surface area contributed by atoms with Gasteiger partial charge in [0.05, 0.1) is 34.1 Å². The highest BCUT2D eigenvalue weighted by Gasteiger charge is 2.38. The van der Waals surface area contributed by atoms with Gasteiger partial charge in [0.25, 0.3) is 5.91 Å². The zero-order chi connectivity index (χ0) is 32.0. The van der Waals surface area contributed by atoms with E-state index < -0.39 is 30.7 Å². The van der Waals surface area contributed by atoms with Crippen molar-refractivity contribution in [3.8, 4) is 28.7 Å². The number of fused-ring (bicyclic) bond motifs is 1. The maximum atomic E-state index is 14.0. The fraction of sp³-hybridized carbons (Fsp3) is 0.345. The van der Waals surface area contributed by atoms with Crippen LogP contribution >= 0.6 is 11.6 Å². The van der Waals surface area contributed by atoms with Crippen LogP contribution in [0.2, 0.25) is 30.7 Å². The molecule has 10 nitrogen and oxygen atoms in total. The van der Waals surface area contributed by atoms with Gasteiger partial charge in [-0.1, -0.05) is 31.2 Å². The summed E-state index contributed by atoms with van der Waals surface area (Å²) in [6, 6.07) is 9.23. The number of pyridine rings is 1. The van der Waals surface area contributed by atoms with Crippen LogP contribution in [0, 0.1) is 11.3 Å². The lowest BCUT2D eigenvalue weighted by Gasteiger charge is -2.32. The van der Waals surface area contributed by atoms with E-state index in [1.807, 2.05) is 6.92 Å². The van der Waals surface area contributed by atoms with Crippen LogP contribution in [-0.2, 0) is 17.6 Å². The number of imidazole rings is 1. The number of nitrogens with zero attached hydrogens (tertiary/aromatic N) is 7. The lowest BCUT2D eigenvalue weighted by Crippen LogP contribution is -2.43.